The van der Waals surface area contributed by atoms with Gasteiger partial charge in [-0.25, -0.2) is 0 Å². The van der Waals surface area contributed by atoms with Crippen LogP contribution >= 0.6 is 0 Å². The number of ether oxygens (including phenoxy) is 1. The molecular weight excluding hydrogens is 316 g/mol. The minimum atomic E-state index is -0.690. The van der Waals surface area contributed by atoms with Crippen molar-refractivity contribution in [3.63, 3.8) is 0 Å². The van der Waals surface area contributed by atoms with Gasteiger partial charge in [-0.05, 0) is 44.5 Å². The molecule has 3 rings (SSSR count). The Morgan fingerprint density at radius 1 is 1.24 bits per heavy atom. The Morgan fingerprint density at radius 2 is 2.00 bits per heavy atom. The molecule has 1 atom stereocenters. The van der Waals surface area contributed by atoms with Crippen LogP contribution in [-0.2, 0) is 11.3 Å². The molecule has 6 heteroatoms. The van der Waals surface area contributed by atoms with Gasteiger partial charge < -0.3 is 15.2 Å². The van der Waals surface area contributed by atoms with Crippen molar-refractivity contribution in [2.24, 2.45) is 0 Å². The van der Waals surface area contributed by atoms with E-state index in [-0.39, 0.29) is 0 Å². The topological polar surface area (TPSA) is 60.9 Å². The van der Waals surface area contributed by atoms with Crippen LogP contribution in [0, 0.1) is 0 Å². The van der Waals surface area contributed by atoms with Crippen molar-refractivity contribution < 1.29 is 9.84 Å². The third-order valence-corrected chi connectivity index (χ3v) is 5.16. The molecule has 2 saturated heterocycles. The van der Waals surface area contributed by atoms with E-state index < -0.39 is 5.60 Å². The highest BCUT2D eigenvalue weighted by atomic mass is 16.5. The number of nitrogens with zero attached hydrogens (tertiary/aromatic N) is 3. The molecule has 2 fully saturated rings. The number of morpholine rings is 1. The molecule has 1 aromatic heterocycles. The summed E-state index contributed by atoms with van der Waals surface area (Å²) in [7, 11) is 0. The predicted molar refractivity (Wildman–Crippen MR) is 98.4 cm³/mol. The van der Waals surface area contributed by atoms with Gasteiger partial charge in [0, 0.05) is 51.2 Å². The van der Waals surface area contributed by atoms with Gasteiger partial charge in [-0.15, -0.1) is 0 Å². The standard InChI is InChI=1S/C19H32N4O2/c1-19(24,16-23-9-11-25-12-10-23)15-21-18-4-7-22(8-5-18)14-17-3-2-6-20-13-17/h2-3,6,13,18,21,24H,4-5,7-12,14-16H2,1H3. The lowest BCUT2D eigenvalue weighted by Gasteiger charge is -2.37. The third kappa shape index (κ3) is 6.31. The molecule has 3 heterocycles. The molecule has 0 amide bonds. The number of likely N-dealkylation sites (tertiary alicyclic amines) is 1. The molecule has 0 bridgehead atoms. The van der Waals surface area contributed by atoms with E-state index in [1.807, 2.05) is 25.4 Å². The molecule has 2 aliphatic rings. The van der Waals surface area contributed by atoms with Crippen molar-refractivity contribution in [2.75, 3.05) is 52.5 Å². The number of hydrogen-bond acceptors (Lipinski definition) is 6. The summed E-state index contributed by atoms with van der Waals surface area (Å²) in [5, 5.41) is 14.3. The van der Waals surface area contributed by atoms with Gasteiger partial charge in [-0.1, -0.05) is 6.07 Å². The number of rotatable bonds is 7. The van der Waals surface area contributed by atoms with Crippen molar-refractivity contribution >= 4 is 0 Å². The maximum Gasteiger partial charge on any atom is 0.0869 e. The Labute approximate surface area is 151 Å². The van der Waals surface area contributed by atoms with Gasteiger partial charge in [-0.2, -0.15) is 0 Å². The fourth-order valence-electron chi connectivity index (χ4n) is 3.71. The van der Waals surface area contributed by atoms with Crippen molar-refractivity contribution in [1.82, 2.24) is 20.1 Å². The summed E-state index contributed by atoms with van der Waals surface area (Å²) in [5.74, 6) is 0. The van der Waals surface area contributed by atoms with Gasteiger partial charge in [0.15, 0.2) is 0 Å². The van der Waals surface area contributed by atoms with Gasteiger partial charge in [0.05, 0.1) is 18.8 Å². The van der Waals surface area contributed by atoms with Crippen LogP contribution in [-0.4, -0.2) is 84.0 Å². The molecule has 25 heavy (non-hydrogen) atoms. The fraction of sp³-hybridized carbons (Fsp3) is 0.737. The highest BCUT2D eigenvalue weighted by molar-refractivity contribution is 5.08. The number of aliphatic hydroxyl groups is 1. The molecule has 140 valence electrons. The van der Waals surface area contributed by atoms with Gasteiger partial charge in [0.25, 0.3) is 0 Å². The number of pyridine rings is 1. The minimum absolute atomic E-state index is 0.501. The van der Waals surface area contributed by atoms with Gasteiger partial charge in [-0.3, -0.25) is 14.8 Å². The molecule has 1 aromatic rings. The van der Waals surface area contributed by atoms with E-state index in [1.54, 1.807) is 0 Å². The molecule has 1 unspecified atom stereocenters. The monoisotopic (exact) mass is 348 g/mol. The number of piperidine rings is 1. The molecule has 2 N–H and O–H groups in total. The molecule has 0 spiro atoms. The Morgan fingerprint density at radius 3 is 2.68 bits per heavy atom. The van der Waals surface area contributed by atoms with Gasteiger partial charge in [0.1, 0.15) is 0 Å². The Balaban J connectivity index is 1.35. The maximum absolute atomic E-state index is 10.7. The lowest BCUT2D eigenvalue weighted by atomic mass is 10.0. The second kappa shape index (κ2) is 9.05. The first-order valence-corrected chi connectivity index (χ1v) is 9.48. The van der Waals surface area contributed by atoms with Crippen LogP contribution in [0.15, 0.2) is 24.5 Å². The van der Waals surface area contributed by atoms with Gasteiger partial charge >= 0.3 is 0 Å². The quantitative estimate of drug-likeness (QED) is 0.757. The zero-order chi connectivity index (χ0) is 17.5. The van der Waals surface area contributed by atoms with E-state index in [2.05, 4.69) is 26.2 Å². The van der Waals surface area contributed by atoms with E-state index in [9.17, 15) is 5.11 Å². The second-order valence-electron chi connectivity index (χ2n) is 7.68. The summed E-state index contributed by atoms with van der Waals surface area (Å²) in [4.78, 5) is 8.97. The van der Waals surface area contributed by atoms with Crippen molar-refractivity contribution in [3.8, 4) is 0 Å². The summed E-state index contributed by atoms with van der Waals surface area (Å²) in [6, 6.07) is 4.64. The average molecular weight is 348 g/mol. The fourth-order valence-corrected chi connectivity index (χ4v) is 3.71. The van der Waals surface area contributed by atoms with Gasteiger partial charge in [0.2, 0.25) is 0 Å². The molecule has 0 radical (unpaired) electrons. The average Bonchev–Trinajstić information content (AvgIpc) is 2.63. The molecule has 0 aliphatic carbocycles. The predicted octanol–water partition coefficient (Wildman–Crippen LogP) is 0.719. The SMILES string of the molecule is CC(O)(CNC1CCN(Cc2cccnc2)CC1)CN1CCOCC1. The number of aromatic nitrogens is 1. The van der Waals surface area contributed by atoms with Crippen LogP contribution in [0.5, 0.6) is 0 Å². The first-order chi connectivity index (χ1) is 12.1. The van der Waals surface area contributed by atoms with Crippen LogP contribution < -0.4 is 5.32 Å². The third-order valence-electron chi connectivity index (χ3n) is 5.16. The molecule has 0 saturated carbocycles. The molecule has 2 aliphatic heterocycles. The first kappa shape index (κ1) is 18.7. The number of β-amino-alcohol motifs (C(OH)–C–C–N with tert-alkyl or cyclic N) is 1. The zero-order valence-electron chi connectivity index (χ0n) is 15.4. The van der Waals surface area contributed by atoms with Crippen molar-refractivity contribution in [1.29, 1.82) is 0 Å². The van der Waals surface area contributed by atoms with Crippen LogP contribution in [0.25, 0.3) is 0 Å². The first-order valence-electron chi connectivity index (χ1n) is 9.48. The van der Waals surface area contributed by atoms with E-state index in [4.69, 9.17) is 4.74 Å². The number of hydrogen-bond donors (Lipinski definition) is 2. The highest BCUT2D eigenvalue weighted by Crippen LogP contribution is 2.15. The molecule has 6 nitrogen and oxygen atoms in total. The lowest BCUT2D eigenvalue weighted by molar-refractivity contribution is -0.0236. The minimum Gasteiger partial charge on any atom is -0.388 e. The Kier molecular flexibility index (Phi) is 6.78. The summed E-state index contributed by atoms with van der Waals surface area (Å²) in [6.45, 7) is 9.86. The van der Waals surface area contributed by atoms with E-state index in [0.29, 0.717) is 19.1 Å². The van der Waals surface area contributed by atoms with Crippen LogP contribution in [0.3, 0.4) is 0 Å². The highest BCUT2D eigenvalue weighted by Gasteiger charge is 2.27. The van der Waals surface area contributed by atoms with Crippen molar-refractivity contribution in [3.05, 3.63) is 30.1 Å². The summed E-state index contributed by atoms with van der Waals surface area (Å²) >= 11 is 0. The van der Waals surface area contributed by atoms with Crippen LogP contribution in [0.1, 0.15) is 25.3 Å². The molecule has 0 aromatic carbocycles. The maximum atomic E-state index is 10.7. The normalized spacial score (nSPS) is 23.4. The summed E-state index contributed by atoms with van der Waals surface area (Å²) in [6.07, 6.45) is 6.04. The summed E-state index contributed by atoms with van der Waals surface area (Å²) < 4.78 is 5.37. The van der Waals surface area contributed by atoms with E-state index in [1.165, 1.54) is 5.56 Å². The van der Waals surface area contributed by atoms with Crippen LogP contribution in [0.2, 0.25) is 0 Å². The largest absolute Gasteiger partial charge is 0.388 e. The Bertz CT molecular complexity index is 497. The van der Waals surface area contributed by atoms with Crippen LogP contribution in [0.4, 0.5) is 0 Å². The lowest BCUT2D eigenvalue weighted by Crippen LogP contribution is -2.53. The smallest absolute Gasteiger partial charge is 0.0869 e. The molecular formula is C19H32N4O2. The van der Waals surface area contributed by atoms with Crippen molar-refractivity contribution in [2.45, 2.75) is 38.0 Å². The van der Waals surface area contributed by atoms with E-state index >= 15 is 0 Å². The number of nitrogens with one attached hydrogen (secondary N) is 1. The van der Waals surface area contributed by atoms with E-state index in [0.717, 1.165) is 58.8 Å². The second-order valence-corrected chi connectivity index (χ2v) is 7.68. The summed E-state index contributed by atoms with van der Waals surface area (Å²) in [5.41, 5.74) is 0.590. The Hall–Kier alpha value is -1.05. The zero-order valence-corrected chi connectivity index (χ0v) is 15.4.